The topological polar surface area (TPSA) is 35.5 Å². The number of hydrogen-bond acceptors (Lipinski definition) is 3. The highest BCUT2D eigenvalue weighted by Crippen LogP contribution is 2.28. The lowest BCUT2D eigenvalue weighted by atomic mass is 9.96. The lowest BCUT2D eigenvalue weighted by Gasteiger charge is -2.46. The number of rotatable bonds is 2. The van der Waals surface area contributed by atoms with Gasteiger partial charge in [-0.15, -0.1) is 0 Å². The number of nitrogens with zero attached hydrogens (tertiary/aromatic N) is 1. The van der Waals surface area contributed by atoms with Crippen LogP contribution < -0.4 is 5.32 Å². The Morgan fingerprint density at radius 1 is 1.33 bits per heavy atom. The summed E-state index contributed by atoms with van der Waals surface area (Å²) in [4.78, 5) is 2.55. The third-order valence-electron chi connectivity index (χ3n) is 3.87. The Labute approximate surface area is 92.8 Å². The average Bonchev–Trinajstić information content (AvgIpc) is 2.69. The molecule has 88 valence electrons. The van der Waals surface area contributed by atoms with Crippen LogP contribution >= 0.6 is 0 Å². The minimum absolute atomic E-state index is 0.203. The predicted molar refractivity (Wildman–Crippen MR) is 61.9 cm³/mol. The molecule has 0 aromatic rings. The molecule has 0 radical (unpaired) electrons. The lowest BCUT2D eigenvalue weighted by molar-refractivity contribution is 0.0259. The Kier molecular flexibility index (Phi) is 3.33. The van der Waals surface area contributed by atoms with E-state index in [0.717, 1.165) is 19.1 Å². The molecule has 1 aliphatic carbocycles. The van der Waals surface area contributed by atoms with Gasteiger partial charge in [0, 0.05) is 30.7 Å². The van der Waals surface area contributed by atoms with Crippen LogP contribution in [0.2, 0.25) is 0 Å². The summed E-state index contributed by atoms with van der Waals surface area (Å²) in [6, 6.07) is 1.06. The maximum Gasteiger partial charge on any atom is 0.0599 e. The predicted octanol–water partition coefficient (Wildman–Crippen LogP) is 0.974. The van der Waals surface area contributed by atoms with Gasteiger partial charge in [-0.1, -0.05) is 12.8 Å². The van der Waals surface area contributed by atoms with E-state index in [1.807, 2.05) is 0 Å². The van der Waals surface area contributed by atoms with Crippen molar-refractivity contribution in [3.8, 4) is 0 Å². The summed E-state index contributed by atoms with van der Waals surface area (Å²) in [5.41, 5.74) is 0.203. The molecule has 2 N–H and O–H groups in total. The van der Waals surface area contributed by atoms with Gasteiger partial charge in [-0.2, -0.15) is 0 Å². The van der Waals surface area contributed by atoms with E-state index in [1.165, 1.54) is 25.7 Å². The van der Waals surface area contributed by atoms with Crippen LogP contribution in [0.1, 0.15) is 39.5 Å². The van der Waals surface area contributed by atoms with Crippen LogP contribution in [-0.4, -0.2) is 47.3 Å². The molecule has 0 amide bonds. The first-order valence-electron chi connectivity index (χ1n) is 6.24. The van der Waals surface area contributed by atoms with E-state index in [4.69, 9.17) is 0 Å². The van der Waals surface area contributed by atoms with Gasteiger partial charge < -0.3 is 10.4 Å². The van der Waals surface area contributed by atoms with E-state index in [2.05, 4.69) is 24.1 Å². The van der Waals surface area contributed by atoms with Crippen molar-refractivity contribution >= 4 is 0 Å². The van der Waals surface area contributed by atoms with Gasteiger partial charge in [0.25, 0.3) is 0 Å². The quantitative estimate of drug-likeness (QED) is 0.716. The van der Waals surface area contributed by atoms with Crippen LogP contribution in [0.4, 0.5) is 0 Å². The van der Waals surface area contributed by atoms with Gasteiger partial charge in [-0.25, -0.2) is 0 Å². The number of piperazine rings is 1. The molecule has 1 saturated carbocycles. The first-order chi connectivity index (χ1) is 7.12. The van der Waals surface area contributed by atoms with Gasteiger partial charge in [0.2, 0.25) is 0 Å². The molecule has 15 heavy (non-hydrogen) atoms. The molecule has 1 atom stereocenters. The standard InChI is InChI=1S/C12H24N2O/c1-12(2)9-14(10-5-3-4-6-10)11(8-15)7-13-12/h10-11,13,15H,3-9H2,1-2H3. The average molecular weight is 212 g/mol. The van der Waals surface area contributed by atoms with Gasteiger partial charge in [0.1, 0.15) is 0 Å². The Morgan fingerprint density at radius 3 is 2.60 bits per heavy atom. The molecule has 2 aliphatic rings. The third kappa shape index (κ3) is 2.52. The Bertz CT molecular complexity index is 210. The molecule has 0 spiro atoms. The highest BCUT2D eigenvalue weighted by molar-refractivity contribution is 4.95. The van der Waals surface area contributed by atoms with Crippen molar-refractivity contribution in [1.82, 2.24) is 10.2 Å². The second kappa shape index (κ2) is 4.40. The smallest absolute Gasteiger partial charge is 0.0599 e. The molecule has 2 rings (SSSR count). The summed E-state index contributed by atoms with van der Waals surface area (Å²) in [5, 5.41) is 12.9. The van der Waals surface area contributed by atoms with Gasteiger partial charge in [0.05, 0.1) is 6.61 Å². The molecule has 3 nitrogen and oxygen atoms in total. The van der Waals surface area contributed by atoms with Crippen LogP contribution in [0.5, 0.6) is 0 Å². The second-order valence-corrected chi connectivity index (χ2v) is 5.71. The number of aliphatic hydroxyl groups is 1. The van der Waals surface area contributed by atoms with E-state index in [1.54, 1.807) is 0 Å². The molecule has 0 aromatic carbocycles. The minimum atomic E-state index is 0.203. The van der Waals surface area contributed by atoms with E-state index < -0.39 is 0 Å². The summed E-state index contributed by atoms with van der Waals surface area (Å²) in [6.45, 7) is 6.80. The van der Waals surface area contributed by atoms with Crippen LogP contribution in [0.15, 0.2) is 0 Å². The Balaban J connectivity index is 2.03. The summed E-state index contributed by atoms with van der Waals surface area (Å²) in [6.07, 6.45) is 5.39. The zero-order valence-electron chi connectivity index (χ0n) is 10.00. The highest BCUT2D eigenvalue weighted by Gasteiger charge is 2.36. The molecular weight excluding hydrogens is 188 g/mol. The largest absolute Gasteiger partial charge is 0.395 e. The van der Waals surface area contributed by atoms with Crippen LogP contribution in [0, 0.1) is 0 Å². The summed E-state index contributed by atoms with van der Waals surface area (Å²) in [7, 11) is 0. The molecule has 1 unspecified atom stereocenters. The second-order valence-electron chi connectivity index (χ2n) is 5.71. The number of nitrogens with one attached hydrogen (secondary N) is 1. The highest BCUT2D eigenvalue weighted by atomic mass is 16.3. The lowest BCUT2D eigenvalue weighted by Crippen LogP contribution is -2.64. The van der Waals surface area contributed by atoms with Crippen molar-refractivity contribution < 1.29 is 5.11 Å². The molecular formula is C12H24N2O. The summed E-state index contributed by atoms with van der Waals surface area (Å²) < 4.78 is 0. The van der Waals surface area contributed by atoms with Crippen molar-refractivity contribution in [2.45, 2.75) is 57.2 Å². The molecule has 2 fully saturated rings. The fraction of sp³-hybridized carbons (Fsp3) is 1.00. The SMILES string of the molecule is CC1(C)CN(C2CCCC2)C(CO)CN1. The minimum Gasteiger partial charge on any atom is -0.395 e. The fourth-order valence-electron chi connectivity index (χ4n) is 2.99. The van der Waals surface area contributed by atoms with Gasteiger partial charge in [0.15, 0.2) is 0 Å². The summed E-state index contributed by atoms with van der Waals surface area (Å²) >= 11 is 0. The molecule has 1 aliphatic heterocycles. The van der Waals surface area contributed by atoms with Crippen molar-refractivity contribution in [2.24, 2.45) is 0 Å². The van der Waals surface area contributed by atoms with E-state index in [9.17, 15) is 5.11 Å². The van der Waals surface area contributed by atoms with E-state index >= 15 is 0 Å². The third-order valence-corrected chi connectivity index (χ3v) is 3.87. The van der Waals surface area contributed by atoms with Crippen LogP contribution in [0.3, 0.4) is 0 Å². The van der Waals surface area contributed by atoms with Crippen molar-refractivity contribution in [3.05, 3.63) is 0 Å². The molecule has 1 heterocycles. The van der Waals surface area contributed by atoms with Crippen LogP contribution in [-0.2, 0) is 0 Å². The first kappa shape index (κ1) is 11.4. The maximum atomic E-state index is 9.41. The Morgan fingerprint density at radius 2 is 2.00 bits per heavy atom. The zero-order chi connectivity index (χ0) is 10.9. The van der Waals surface area contributed by atoms with Gasteiger partial charge in [-0.3, -0.25) is 4.90 Å². The monoisotopic (exact) mass is 212 g/mol. The van der Waals surface area contributed by atoms with E-state index in [0.29, 0.717) is 12.6 Å². The Hall–Kier alpha value is -0.120. The maximum absolute atomic E-state index is 9.41. The first-order valence-corrected chi connectivity index (χ1v) is 6.24. The van der Waals surface area contributed by atoms with E-state index in [-0.39, 0.29) is 5.54 Å². The van der Waals surface area contributed by atoms with Gasteiger partial charge >= 0.3 is 0 Å². The fourth-order valence-corrected chi connectivity index (χ4v) is 2.99. The number of aliphatic hydroxyl groups excluding tert-OH is 1. The van der Waals surface area contributed by atoms with Gasteiger partial charge in [-0.05, 0) is 26.7 Å². The molecule has 3 heteroatoms. The summed E-state index contributed by atoms with van der Waals surface area (Å²) in [5.74, 6) is 0. The zero-order valence-corrected chi connectivity index (χ0v) is 10.00. The van der Waals surface area contributed by atoms with Crippen LogP contribution in [0.25, 0.3) is 0 Å². The van der Waals surface area contributed by atoms with Crippen molar-refractivity contribution in [2.75, 3.05) is 19.7 Å². The molecule has 0 aromatic heterocycles. The number of hydrogen-bond donors (Lipinski definition) is 2. The molecule has 0 bridgehead atoms. The van der Waals surface area contributed by atoms with Crippen molar-refractivity contribution in [1.29, 1.82) is 0 Å². The normalized spacial score (nSPS) is 33.4. The van der Waals surface area contributed by atoms with Crippen molar-refractivity contribution in [3.63, 3.8) is 0 Å². The molecule has 1 saturated heterocycles.